The van der Waals surface area contributed by atoms with Crippen molar-refractivity contribution >= 4 is 11.7 Å². The molecule has 6 nitrogen and oxygen atoms in total. The molecular weight excluding hydrogens is 320 g/mol. The van der Waals surface area contributed by atoms with Crippen LogP contribution >= 0.6 is 0 Å². The van der Waals surface area contributed by atoms with Crippen LogP contribution in [0, 0.1) is 5.41 Å². The molecule has 1 amide bonds. The smallest absolute Gasteiger partial charge is 0.223 e. The monoisotopic (exact) mass is 346 g/mol. The van der Waals surface area contributed by atoms with Crippen LogP contribution in [0.1, 0.15) is 43.5 Å². The van der Waals surface area contributed by atoms with Gasteiger partial charge >= 0.3 is 0 Å². The number of nitrogens with two attached hydrogens (primary N) is 1. The van der Waals surface area contributed by atoms with Crippen LogP contribution in [0.2, 0.25) is 0 Å². The normalized spacial score (nSPS) is 21.7. The van der Waals surface area contributed by atoms with Gasteiger partial charge < -0.3 is 20.1 Å². The van der Waals surface area contributed by atoms with Gasteiger partial charge in [-0.2, -0.15) is 0 Å². The number of carbonyl (C=O) groups is 2. The number of piperidine rings is 1. The first kappa shape index (κ1) is 17.7. The number of Topliss-reactive ketones (excluding diaryl/α,β-unsaturated/α-hetero) is 1. The molecule has 0 bridgehead atoms. The topological polar surface area (TPSA) is 81.9 Å². The van der Waals surface area contributed by atoms with E-state index in [4.69, 9.17) is 15.2 Å². The van der Waals surface area contributed by atoms with Gasteiger partial charge in [0.2, 0.25) is 5.91 Å². The predicted molar refractivity (Wildman–Crippen MR) is 93.9 cm³/mol. The van der Waals surface area contributed by atoms with Crippen molar-refractivity contribution in [1.29, 1.82) is 0 Å². The van der Waals surface area contributed by atoms with Crippen molar-refractivity contribution in [2.75, 3.05) is 26.3 Å². The van der Waals surface area contributed by atoms with E-state index in [9.17, 15) is 9.59 Å². The first-order valence-corrected chi connectivity index (χ1v) is 8.83. The molecule has 0 aromatic heterocycles. The Bertz CT molecular complexity index is 671. The number of fused-ring (bicyclic) bond motifs is 1. The van der Waals surface area contributed by atoms with Crippen LogP contribution in [-0.2, 0) is 4.79 Å². The molecule has 0 spiro atoms. The molecule has 6 heteroatoms. The summed E-state index contributed by atoms with van der Waals surface area (Å²) in [5.41, 5.74) is 6.58. The number of rotatable bonds is 4. The highest BCUT2D eigenvalue weighted by Gasteiger charge is 2.35. The Morgan fingerprint density at radius 2 is 1.92 bits per heavy atom. The lowest BCUT2D eigenvalue weighted by Crippen LogP contribution is -2.54. The first-order valence-electron chi connectivity index (χ1n) is 8.83. The summed E-state index contributed by atoms with van der Waals surface area (Å²) in [5.74, 6) is 1.21. The molecule has 1 saturated heterocycles. The van der Waals surface area contributed by atoms with Crippen molar-refractivity contribution < 1.29 is 19.1 Å². The number of carbonyl (C=O) groups excluding carboxylic acids is 2. The number of hydrogen-bond acceptors (Lipinski definition) is 5. The number of likely N-dealkylation sites (tertiary alicyclic amines) is 1. The van der Waals surface area contributed by atoms with E-state index in [0.29, 0.717) is 43.4 Å². The lowest BCUT2D eigenvalue weighted by Gasteiger charge is -2.42. The first-order chi connectivity index (χ1) is 11.9. The molecule has 1 fully saturated rings. The lowest BCUT2D eigenvalue weighted by atomic mass is 9.79. The van der Waals surface area contributed by atoms with Gasteiger partial charge in [0.15, 0.2) is 17.3 Å². The van der Waals surface area contributed by atoms with Crippen LogP contribution < -0.4 is 15.2 Å². The Hall–Kier alpha value is -2.08. The highest BCUT2D eigenvalue weighted by molar-refractivity contribution is 5.98. The summed E-state index contributed by atoms with van der Waals surface area (Å²) in [6, 6.07) is 5.28. The maximum absolute atomic E-state index is 12.4. The van der Waals surface area contributed by atoms with Crippen molar-refractivity contribution in [2.45, 2.75) is 39.2 Å². The van der Waals surface area contributed by atoms with E-state index in [1.165, 1.54) is 0 Å². The fourth-order valence-corrected chi connectivity index (χ4v) is 3.33. The number of ketones is 1. The average Bonchev–Trinajstić information content (AvgIpc) is 2.61. The minimum Gasteiger partial charge on any atom is -0.486 e. The second-order valence-electron chi connectivity index (χ2n) is 7.48. The number of hydrogen-bond donors (Lipinski definition) is 1. The molecule has 1 aromatic carbocycles. The maximum Gasteiger partial charge on any atom is 0.223 e. The molecule has 2 aliphatic heterocycles. The van der Waals surface area contributed by atoms with Crippen molar-refractivity contribution in [2.24, 2.45) is 11.1 Å². The van der Waals surface area contributed by atoms with Gasteiger partial charge in [0.1, 0.15) is 13.2 Å². The summed E-state index contributed by atoms with van der Waals surface area (Å²) in [6.07, 6.45) is 1.22. The molecule has 1 atom stereocenters. The zero-order chi connectivity index (χ0) is 18.0. The molecule has 0 aliphatic carbocycles. The van der Waals surface area contributed by atoms with Gasteiger partial charge in [-0.25, -0.2) is 0 Å². The molecule has 1 aromatic rings. The molecule has 0 saturated carbocycles. The number of ether oxygens (including phenoxy) is 2. The van der Waals surface area contributed by atoms with Gasteiger partial charge in [-0.15, -0.1) is 0 Å². The van der Waals surface area contributed by atoms with Crippen LogP contribution in [0.3, 0.4) is 0 Å². The SMILES string of the molecule is CC1(C)CN(C(=O)CCC(=O)c2ccc3c(c2)OCCO3)CCC1N. The molecule has 2 aliphatic rings. The molecule has 3 rings (SSSR count). The number of nitrogens with zero attached hydrogens (tertiary/aromatic N) is 1. The standard InChI is InChI=1S/C19H26N2O4/c1-19(2)12-21(8-7-17(19)20)18(23)6-4-14(22)13-3-5-15-16(11-13)25-10-9-24-15/h3,5,11,17H,4,6-10,12,20H2,1-2H3. The minimum atomic E-state index is -0.0895. The number of benzene rings is 1. The zero-order valence-corrected chi connectivity index (χ0v) is 14.9. The fraction of sp³-hybridized carbons (Fsp3) is 0.579. The van der Waals surface area contributed by atoms with Gasteiger partial charge in [0.05, 0.1) is 0 Å². The quantitative estimate of drug-likeness (QED) is 0.844. The van der Waals surface area contributed by atoms with E-state index in [1.54, 1.807) is 18.2 Å². The van der Waals surface area contributed by atoms with Crippen LogP contribution in [0.4, 0.5) is 0 Å². The third kappa shape index (κ3) is 3.95. The van der Waals surface area contributed by atoms with Crippen molar-refractivity contribution in [3.8, 4) is 11.5 Å². The maximum atomic E-state index is 12.4. The highest BCUT2D eigenvalue weighted by Crippen LogP contribution is 2.31. The van der Waals surface area contributed by atoms with Gasteiger partial charge in [-0.3, -0.25) is 9.59 Å². The van der Waals surface area contributed by atoms with Crippen LogP contribution in [0.25, 0.3) is 0 Å². The molecule has 1 unspecified atom stereocenters. The molecular formula is C19H26N2O4. The summed E-state index contributed by atoms with van der Waals surface area (Å²) in [4.78, 5) is 26.7. The van der Waals surface area contributed by atoms with Crippen LogP contribution in [0.5, 0.6) is 11.5 Å². The van der Waals surface area contributed by atoms with E-state index < -0.39 is 0 Å². The Morgan fingerprint density at radius 3 is 2.64 bits per heavy atom. The van der Waals surface area contributed by atoms with Crippen LogP contribution in [-0.4, -0.2) is 48.9 Å². The minimum absolute atomic E-state index is 0.0193. The lowest BCUT2D eigenvalue weighted by molar-refractivity contribution is -0.134. The largest absolute Gasteiger partial charge is 0.486 e. The second kappa shape index (κ2) is 7.04. The molecule has 25 heavy (non-hydrogen) atoms. The van der Waals surface area contributed by atoms with E-state index in [2.05, 4.69) is 13.8 Å². The van der Waals surface area contributed by atoms with Crippen molar-refractivity contribution in [3.05, 3.63) is 23.8 Å². The summed E-state index contributed by atoms with van der Waals surface area (Å²) < 4.78 is 11.0. The van der Waals surface area contributed by atoms with E-state index >= 15 is 0 Å². The van der Waals surface area contributed by atoms with E-state index in [0.717, 1.165) is 6.42 Å². The van der Waals surface area contributed by atoms with Gasteiger partial charge in [-0.05, 0) is 30.0 Å². The third-order valence-electron chi connectivity index (χ3n) is 5.09. The van der Waals surface area contributed by atoms with E-state index in [-0.39, 0.29) is 36.0 Å². The molecule has 136 valence electrons. The second-order valence-corrected chi connectivity index (χ2v) is 7.48. The summed E-state index contributed by atoms with van der Waals surface area (Å²) in [6.45, 7) is 6.47. The van der Waals surface area contributed by atoms with Crippen molar-refractivity contribution in [3.63, 3.8) is 0 Å². The van der Waals surface area contributed by atoms with Gasteiger partial charge in [-0.1, -0.05) is 13.8 Å². The summed E-state index contributed by atoms with van der Waals surface area (Å²) in [7, 11) is 0. The molecule has 0 radical (unpaired) electrons. The van der Waals surface area contributed by atoms with Gasteiger partial charge in [0, 0.05) is 37.5 Å². The Labute approximate surface area is 148 Å². The fourth-order valence-electron chi connectivity index (χ4n) is 3.33. The zero-order valence-electron chi connectivity index (χ0n) is 14.9. The van der Waals surface area contributed by atoms with Gasteiger partial charge in [0.25, 0.3) is 0 Å². The van der Waals surface area contributed by atoms with Crippen LogP contribution in [0.15, 0.2) is 18.2 Å². The number of amides is 1. The Kier molecular flexibility index (Phi) is 4.99. The van der Waals surface area contributed by atoms with E-state index in [1.807, 2.05) is 4.90 Å². The summed E-state index contributed by atoms with van der Waals surface area (Å²) >= 11 is 0. The summed E-state index contributed by atoms with van der Waals surface area (Å²) in [5, 5.41) is 0. The average molecular weight is 346 g/mol. The third-order valence-corrected chi connectivity index (χ3v) is 5.09. The van der Waals surface area contributed by atoms with Crippen molar-refractivity contribution in [1.82, 2.24) is 4.90 Å². The molecule has 2 N–H and O–H groups in total. The predicted octanol–water partition coefficient (Wildman–Crippen LogP) is 2.01. The Balaban J connectivity index is 1.56. The highest BCUT2D eigenvalue weighted by atomic mass is 16.6. The Morgan fingerprint density at radius 1 is 1.20 bits per heavy atom. The molecule has 2 heterocycles.